The molecule has 0 heterocycles. The summed E-state index contributed by atoms with van der Waals surface area (Å²) in [5.41, 5.74) is 0.133. The number of carbonyl (C=O) groups excluding carboxylic acids is 2. The minimum atomic E-state index is -0.792. The van der Waals surface area contributed by atoms with Crippen LogP contribution >= 0.6 is 0 Å². The highest BCUT2D eigenvalue weighted by Crippen LogP contribution is 2.12. The lowest BCUT2D eigenvalue weighted by atomic mass is 10.2. The molecule has 0 fully saturated rings. The van der Waals surface area contributed by atoms with Gasteiger partial charge in [-0.3, -0.25) is 14.9 Å². The van der Waals surface area contributed by atoms with Crippen LogP contribution in [0.4, 0.5) is 5.69 Å². The second-order valence-electron chi connectivity index (χ2n) is 4.48. The molecule has 1 rings (SSSR count). The first-order valence-electron chi connectivity index (χ1n) is 6.07. The zero-order valence-electron chi connectivity index (χ0n) is 11.5. The van der Waals surface area contributed by atoms with Crippen molar-refractivity contribution in [3.05, 3.63) is 39.9 Å². The van der Waals surface area contributed by atoms with Gasteiger partial charge in [0.25, 0.3) is 11.6 Å². The van der Waals surface area contributed by atoms with Gasteiger partial charge in [-0.15, -0.1) is 0 Å². The first-order valence-corrected chi connectivity index (χ1v) is 6.07. The van der Waals surface area contributed by atoms with Crippen LogP contribution in [0.25, 0.3) is 0 Å². The third-order valence-corrected chi connectivity index (χ3v) is 2.39. The van der Waals surface area contributed by atoms with E-state index in [2.05, 4.69) is 5.32 Å². The number of ether oxygens (including phenoxy) is 1. The van der Waals surface area contributed by atoms with Crippen molar-refractivity contribution in [3.63, 3.8) is 0 Å². The number of benzene rings is 1. The SMILES string of the molecule is CC(C)OC(=O)C(C)NC(=O)c1ccc([N+](=O)[O-])cc1. The predicted molar refractivity (Wildman–Crippen MR) is 71.3 cm³/mol. The quantitative estimate of drug-likeness (QED) is 0.502. The molecule has 0 spiro atoms. The van der Waals surface area contributed by atoms with E-state index in [1.165, 1.54) is 31.2 Å². The van der Waals surface area contributed by atoms with Crippen molar-refractivity contribution in [1.82, 2.24) is 5.32 Å². The van der Waals surface area contributed by atoms with Crippen molar-refractivity contribution in [2.45, 2.75) is 32.9 Å². The Balaban J connectivity index is 2.66. The Morgan fingerprint density at radius 1 is 1.20 bits per heavy atom. The molecule has 1 N–H and O–H groups in total. The molecule has 0 radical (unpaired) electrons. The fourth-order valence-corrected chi connectivity index (χ4v) is 1.41. The van der Waals surface area contributed by atoms with Crippen molar-refractivity contribution >= 4 is 17.6 Å². The Morgan fingerprint density at radius 2 is 1.75 bits per heavy atom. The Hall–Kier alpha value is -2.44. The summed E-state index contributed by atoms with van der Waals surface area (Å²) in [6.45, 7) is 4.93. The van der Waals surface area contributed by atoms with Crippen molar-refractivity contribution in [3.8, 4) is 0 Å². The van der Waals surface area contributed by atoms with Gasteiger partial charge in [0.1, 0.15) is 6.04 Å². The largest absolute Gasteiger partial charge is 0.461 e. The molecule has 1 unspecified atom stereocenters. The molecular weight excluding hydrogens is 264 g/mol. The summed E-state index contributed by atoms with van der Waals surface area (Å²) in [6.07, 6.45) is -0.263. The Morgan fingerprint density at radius 3 is 2.20 bits per heavy atom. The normalized spacial score (nSPS) is 11.8. The first-order chi connectivity index (χ1) is 9.31. The number of nitrogens with zero attached hydrogens (tertiary/aromatic N) is 1. The Bertz CT molecular complexity index is 510. The van der Waals surface area contributed by atoms with E-state index in [-0.39, 0.29) is 17.4 Å². The van der Waals surface area contributed by atoms with Crippen LogP contribution in [0.15, 0.2) is 24.3 Å². The van der Waals surface area contributed by atoms with E-state index in [9.17, 15) is 19.7 Å². The van der Waals surface area contributed by atoms with Crippen molar-refractivity contribution in [2.24, 2.45) is 0 Å². The summed E-state index contributed by atoms with van der Waals surface area (Å²) >= 11 is 0. The number of amides is 1. The van der Waals surface area contributed by atoms with Crippen LogP contribution in [0.2, 0.25) is 0 Å². The predicted octanol–water partition coefficient (Wildman–Crippen LogP) is 1.66. The van der Waals surface area contributed by atoms with Crippen molar-refractivity contribution in [1.29, 1.82) is 0 Å². The van der Waals surface area contributed by atoms with Gasteiger partial charge < -0.3 is 10.1 Å². The summed E-state index contributed by atoms with van der Waals surface area (Å²) in [5.74, 6) is -1.02. The lowest BCUT2D eigenvalue weighted by Crippen LogP contribution is -2.40. The van der Waals surface area contributed by atoms with Crippen LogP contribution in [-0.4, -0.2) is 28.9 Å². The molecule has 0 aliphatic carbocycles. The summed E-state index contributed by atoms with van der Waals surface area (Å²) in [7, 11) is 0. The van der Waals surface area contributed by atoms with Crippen LogP contribution in [0.1, 0.15) is 31.1 Å². The molecule has 0 aliphatic heterocycles. The second kappa shape index (κ2) is 6.65. The van der Waals surface area contributed by atoms with E-state index in [1.807, 2.05) is 0 Å². The maximum Gasteiger partial charge on any atom is 0.328 e. The minimum Gasteiger partial charge on any atom is -0.461 e. The molecule has 7 heteroatoms. The smallest absolute Gasteiger partial charge is 0.328 e. The van der Waals surface area contributed by atoms with Gasteiger partial charge in [0.05, 0.1) is 11.0 Å². The molecule has 20 heavy (non-hydrogen) atoms. The number of esters is 1. The summed E-state index contributed by atoms with van der Waals surface area (Å²) in [5, 5.41) is 13.0. The van der Waals surface area contributed by atoms with E-state index < -0.39 is 22.8 Å². The number of carbonyl (C=O) groups is 2. The topological polar surface area (TPSA) is 98.5 Å². The molecule has 0 bridgehead atoms. The Labute approximate surface area is 116 Å². The molecule has 1 aromatic carbocycles. The van der Waals surface area contributed by atoms with Crippen molar-refractivity contribution < 1.29 is 19.2 Å². The molecule has 0 aromatic heterocycles. The maximum atomic E-state index is 11.8. The molecule has 0 saturated carbocycles. The zero-order chi connectivity index (χ0) is 15.3. The first kappa shape index (κ1) is 15.6. The number of rotatable bonds is 5. The molecule has 1 amide bonds. The van der Waals surface area contributed by atoms with E-state index >= 15 is 0 Å². The summed E-state index contributed by atoms with van der Waals surface area (Å²) < 4.78 is 4.96. The standard InChI is InChI=1S/C13H16N2O5/c1-8(2)20-13(17)9(3)14-12(16)10-4-6-11(7-5-10)15(18)19/h4-9H,1-3H3,(H,14,16). The Kier molecular flexibility index (Phi) is 5.19. The molecule has 0 aliphatic rings. The number of nitro groups is 1. The van der Waals surface area contributed by atoms with E-state index in [1.54, 1.807) is 13.8 Å². The zero-order valence-corrected chi connectivity index (χ0v) is 11.5. The average molecular weight is 280 g/mol. The monoisotopic (exact) mass is 280 g/mol. The van der Waals surface area contributed by atoms with Crippen molar-refractivity contribution in [2.75, 3.05) is 0 Å². The fraction of sp³-hybridized carbons (Fsp3) is 0.385. The van der Waals surface area contributed by atoms with Gasteiger partial charge in [-0.2, -0.15) is 0 Å². The maximum absolute atomic E-state index is 11.8. The summed E-state index contributed by atoms with van der Waals surface area (Å²) in [6, 6.07) is 4.32. The van der Waals surface area contributed by atoms with Gasteiger partial charge in [-0.05, 0) is 32.9 Å². The van der Waals surface area contributed by atoms with Crippen LogP contribution in [0, 0.1) is 10.1 Å². The van der Waals surface area contributed by atoms with Gasteiger partial charge in [-0.25, -0.2) is 4.79 Å². The van der Waals surface area contributed by atoms with Gasteiger partial charge >= 0.3 is 5.97 Å². The molecule has 108 valence electrons. The van der Waals surface area contributed by atoms with E-state index in [0.717, 1.165) is 0 Å². The number of nitro benzene ring substituents is 1. The van der Waals surface area contributed by atoms with Gasteiger partial charge in [-0.1, -0.05) is 0 Å². The lowest BCUT2D eigenvalue weighted by Gasteiger charge is -2.15. The molecule has 1 aromatic rings. The lowest BCUT2D eigenvalue weighted by molar-refractivity contribution is -0.384. The van der Waals surface area contributed by atoms with Gasteiger partial charge in [0.2, 0.25) is 0 Å². The van der Waals surface area contributed by atoms with E-state index in [0.29, 0.717) is 0 Å². The van der Waals surface area contributed by atoms with Gasteiger partial charge in [0, 0.05) is 17.7 Å². The minimum absolute atomic E-state index is 0.103. The highest BCUT2D eigenvalue weighted by molar-refractivity contribution is 5.96. The van der Waals surface area contributed by atoms with Crippen LogP contribution in [-0.2, 0) is 9.53 Å². The third-order valence-electron chi connectivity index (χ3n) is 2.39. The van der Waals surface area contributed by atoms with E-state index in [4.69, 9.17) is 4.74 Å². The van der Waals surface area contributed by atoms with Crippen LogP contribution in [0.5, 0.6) is 0 Å². The highest BCUT2D eigenvalue weighted by atomic mass is 16.6. The van der Waals surface area contributed by atoms with Crippen LogP contribution < -0.4 is 5.32 Å². The molecule has 0 saturated heterocycles. The molecule has 1 atom stereocenters. The summed E-state index contributed by atoms with van der Waals surface area (Å²) in [4.78, 5) is 33.3. The fourth-order valence-electron chi connectivity index (χ4n) is 1.41. The highest BCUT2D eigenvalue weighted by Gasteiger charge is 2.19. The third kappa shape index (κ3) is 4.34. The average Bonchev–Trinajstić information content (AvgIpc) is 2.37. The van der Waals surface area contributed by atoms with Crippen LogP contribution in [0.3, 0.4) is 0 Å². The molecular formula is C13H16N2O5. The second-order valence-corrected chi connectivity index (χ2v) is 4.48. The number of non-ortho nitro benzene ring substituents is 1. The van der Waals surface area contributed by atoms with Gasteiger partial charge in [0.15, 0.2) is 0 Å². The molecule has 7 nitrogen and oxygen atoms in total. The number of nitrogens with one attached hydrogen (secondary N) is 1. The number of hydrogen-bond acceptors (Lipinski definition) is 5. The number of hydrogen-bond donors (Lipinski definition) is 1.